The van der Waals surface area contributed by atoms with Crippen LogP contribution in [-0.4, -0.2) is 31.0 Å². The van der Waals surface area contributed by atoms with Gasteiger partial charge in [0.1, 0.15) is 10.4 Å². The Morgan fingerprint density at radius 2 is 1.76 bits per heavy atom. The van der Waals surface area contributed by atoms with Gasteiger partial charge in [0.05, 0.1) is 29.0 Å². The fourth-order valence-corrected chi connectivity index (χ4v) is 5.55. The number of benzene rings is 3. The highest BCUT2D eigenvalue weighted by atomic mass is 35.5. The summed E-state index contributed by atoms with van der Waals surface area (Å²) in [6.07, 6.45) is 0.471. The Balaban J connectivity index is 1.44. The summed E-state index contributed by atoms with van der Waals surface area (Å²) >= 11 is 18.6. The maximum absolute atomic E-state index is 13.0. The van der Waals surface area contributed by atoms with Crippen LogP contribution in [0.5, 0.6) is 0 Å². The van der Waals surface area contributed by atoms with Crippen molar-refractivity contribution >= 4 is 67.3 Å². The molecule has 34 heavy (non-hydrogen) atoms. The smallest absolute Gasteiger partial charge is 0.243 e. The number of sulfonamides is 1. The Morgan fingerprint density at radius 1 is 1.00 bits per heavy atom. The summed E-state index contributed by atoms with van der Waals surface area (Å²) in [6, 6.07) is 17.0. The molecule has 1 aromatic heterocycles. The summed E-state index contributed by atoms with van der Waals surface area (Å²) in [5.41, 5.74) is 2.75. The standard InChI is InChI=1S/C22H16Cl3N5O3S/c23-14-6-4-13(5-7-14)20-11-16(27-30(20)19-9-8-15(24)10-17(19)25)12-26-34(31,32)21-3-1-2-18-22(21)29-33-28-18/h1-10,20,26H,11-12H2. The maximum atomic E-state index is 13.0. The quantitative estimate of drug-likeness (QED) is 0.351. The summed E-state index contributed by atoms with van der Waals surface area (Å²) in [6.45, 7) is -0.00417. The van der Waals surface area contributed by atoms with Crippen molar-refractivity contribution in [1.29, 1.82) is 0 Å². The van der Waals surface area contributed by atoms with Gasteiger partial charge in [0.2, 0.25) is 10.0 Å². The number of hydrogen-bond donors (Lipinski definition) is 1. The highest BCUT2D eigenvalue weighted by Crippen LogP contribution is 2.39. The van der Waals surface area contributed by atoms with E-state index in [1.165, 1.54) is 6.07 Å². The first kappa shape index (κ1) is 23.1. The lowest BCUT2D eigenvalue weighted by Crippen LogP contribution is -2.29. The van der Waals surface area contributed by atoms with E-state index in [4.69, 9.17) is 39.9 Å². The SMILES string of the molecule is O=S(=O)(NCC1=NN(c2ccc(Cl)cc2Cl)C(c2ccc(Cl)cc2)C1)c1cccc2nonc12. The first-order valence-electron chi connectivity index (χ1n) is 10.1. The molecule has 0 aliphatic carbocycles. The molecule has 12 heteroatoms. The van der Waals surface area contributed by atoms with Crippen molar-refractivity contribution in [3.63, 3.8) is 0 Å². The molecule has 1 atom stereocenters. The lowest BCUT2D eigenvalue weighted by atomic mass is 10.0. The summed E-state index contributed by atoms with van der Waals surface area (Å²) in [5, 5.41) is 15.4. The van der Waals surface area contributed by atoms with Crippen LogP contribution in [0.2, 0.25) is 15.1 Å². The van der Waals surface area contributed by atoms with Crippen LogP contribution < -0.4 is 9.73 Å². The molecule has 8 nitrogen and oxygen atoms in total. The van der Waals surface area contributed by atoms with Crippen molar-refractivity contribution in [3.05, 3.63) is 81.3 Å². The molecule has 0 saturated carbocycles. The first-order chi connectivity index (χ1) is 16.3. The normalized spacial score (nSPS) is 16.3. The number of aromatic nitrogens is 2. The van der Waals surface area contributed by atoms with Crippen LogP contribution in [-0.2, 0) is 10.0 Å². The second-order valence-corrected chi connectivity index (χ2v) is 10.6. The molecule has 0 bridgehead atoms. The molecule has 4 aromatic rings. The zero-order valence-electron chi connectivity index (χ0n) is 17.3. The van der Waals surface area contributed by atoms with E-state index in [0.29, 0.717) is 38.4 Å². The van der Waals surface area contributed by atoms with Gasteiger partial charge in [-0.1, -0.05) is 53.0 Å². The maximum Gasteiger partial charge on any atom is 0.243 e. The number of nitrogens with zero attached hydrogens (tertiary/aromatic N) is 4. The number of anilines is 1. The topological polar surface area (TPSA) is 101 Å². The molecule has 5 rings (SSSR count). The molecule has 2 heterocycles. The zero-order chi connectivity index (χ0) is 23.9. The van der Waals surface area contributed by atoms with E-state index in [-0.39, 0.29) is 23.0 Å². The summed E-state index contributed by atoms with van der Waals surface area (Å²) < 4.78 is 33.3. The Kier molecular flexibility index (Phi) is 6.22. The molecule has 0 radical (unpaired) electrons. The third-order valence-electron chi connectivity index (χ3n) is 5.39. The van der Waals surface area contributed by atoms with Gasteiger partial charge in [0, 0.05) is 16.5 Å². The van der Waals surface area contributed by atoms with E-state index in [1.807, 2.05) is 12.1 Å². The largest absolute Gasteiger partial charge is 0.256 e. The number of hydrazone groups is 1. The minimum Gasteiger partial charge on any atom is -0.256 e. The minimum atomic E-state index is -3.90. The molecule has 1 N–H and O–H groups in total. The third-order valence-corrected chi connectivity index (χ3v) is 7.61. The van der Waals surface area contributed by atoms with E-state index in [0.717, 1.165) is 5.56 Å². The monoisotopic (exact) mass is 535 g/mol. The zero-order valence-corrected chi connectivity index (χ0v) is 20.4. The van der Waals surface area contributed by atoms with E-state index in [2.05, 4.69) is 19.7 Å². The molecule has 1 aliphatic rings. The van der Waals surface area contributed by atoms with Crippen molar-refractivity contribution in [2.75, 3.05) is 11.6 Å². The molecule has 1 unspecified atom stereocenters. The van der Waals surface area contributed by atoms with Gasteiger partial charge in [0.25, 0.3) is 0 Å². The predicted octanol–water partition coefficient (Wildman–Crippen LogP) is 5.47. The molecule has 174 valence electrons. The van der Waals surface area contributed by atoms with Crippen LogP contribution in [0.15, 0.2) is 75.3 Å². The van der Waals surface area contributed by atoms with Gasteiger partial charge in [-0.05, 0) is 58.3 Å². The van der Waals surface area contributed by atoms with Crippen molar-refractivity contribution in [2.24, 2.45) is 5.10 Å². The van der Waals surface area contributed by atoms with Crippen LogP contribution in [0.4, 0.5) is 5.69 Å². The molecule has 3 aromatic carbocycles. The highest BCUT2D eigenvalue weighted by Gasteiger charge is 2.31. The lowest BCUT2D eigenvalue weighted by molar-refractivity contribution is 0.315. The van der Waals surface area contributed by atoms with Crippen LogP contribution in [0.25, 0.3) is 11.0 Å². The summed E-state index contributed by atoms with van der Waals surface area (Å²) in [4.78, 5) is -0.0169. The molecule has 1 aliphatic heterocycles. The van der Waals surface area contributed by atoms with E-state index >= 15 is 0 Å². The Morgan fingerprint density at radius 3 is 2.53 bits per heavy atom. The van der Waals surface area contributed by atoms with Crippen molar-refractivity contribution in [3.8, 4) is 0 Å². The molecule has 0 spiro atoms. The van der Waals surface area contributed by atoms with E-state index in [9.17, 15) is 8.42 Å². The fourth-order valence-electron chi connectivity index (χ4n) is 3.77. The van der Waals surface area contributed by atoms with Gasteiger partial charge in [-0.3, -0.25) is 5.01 Å². The predicted molar refractivity (Wildman–Crippen MR) is 132 cm³/mol. The number of rotatable bonds is 6. The Hall–Kier alpha value is -2.69. The molecular weight excluding hydrogens is 521 g/mol. The molecule has 0 fully saturated rings. The van der Waals surface area contributed by atoms with Crippen molar-refractivity contribution < 1.29 is 13.0 Å². The fraction of sp³-hybridized carbons (Fsp3) is 0.136. The molecule has 0 amide bonds. The Bertz CT molecular complexity index is 1510. The van der Waals surface area contributed by atoms with Crippen molar-refractivity contribution in [2.45, 2.75) is 17.4 Å². The number of halogens is 3. The minimum absolute atomic E-state index is 0.00417. The average molecular weight is 537 g/mol. The average Bonchev–Trinajstić information content (AvgIpc) is 3.45. The van der Waals surface area contributed by atoms with Gasteiger partial charge in [-0.25, -0.2) is 17.8 Å². The van der Waals surface area contributed by atoms with Gasteiger partial charge in [-0.2, -0.15) is 5.10 Å². The van der Waals surface area contributed by atoms with Gasteiger partial charge in [0.15, 0.2) is 5.52 Å². The van der Waals surface area contributed by atoms with Crippen LogP contribution in [0.3, 0.4) is 0 Å². The van der Waals surface area contributed by atoms with E-state index < -0.39 is 10.0 Å². The third kappa shape index (κ3) is 4.49. The van der Waals surface area contributed by atoms with Crippen LogP contribution in [0, 0.1) is 0 Å². The van der Waals surface area contributed by atoms with Crippen LogP contribution in [0.1, 0.15) is 18.0 Å². The first-order valence-corrected chi connectivity index (χ1v) is 12.7. The van der Waals surface area contributed by atoms with Gasteiger partial charge < -0.3 is 0 Å². The second kappa shape index (κ2) is 9.16. The Labute approximate surface area is 210 Å². The molecular formula is C22H16Cl3N5O3S. The van der Waals surface area contributed by atoms with Crippen LogP contribution >= 0.6 is 34.8 Å². The summed E-state index contributed by atoms with van der Waals surface area (Å²) in [5.74, 6) is 0. The molecule has 0 saturated heterocycles. The number of fused-ring (bicyclic) bond motifs is 1. The number of hydrogen-bond acceptors (Lipinski definition) is 7. The van der Waals surface area contributed by atoms with Gasteiger partial charge in [-0.15, -0.1) is 0 Å². The van der Waals surface area contributed by atoms with E-state index in [1.54, 1.807) is 47.5 Å². The second-order valence-electron chi connectivity index (χ2n) is 7.59. The lowest BCUT2D eigenvalue weighted by Gasteiger charge is -2.25. The van der Waals surface area contributed by atoms with Gasteiger partial charge >= 0.3 is 0 Å². The summed E-state index contributed by atoms with van der Waals surface area (Å²) in [7, 11) is -3.90. The highest BCUT2D eigenvalue weighted by molar-refractivity contribution is 7.89. The van der Waals surface area contributed by atoms with Crippen molar-refractivity contribution in [1.82, 2.24) is 15.0 Å². The number of nitrogens with one attached hydrogen (secondary N) is 1.